The average Bonchev–Trinajstić information content (AvgIpc) is 2.62. The van der Waals surface area contributed by atoms with Crippen molar-refractivity contribution in [3.8, 4) is 5.75 Å². The number of hydrogen-bond acceptors (Lipinski definition) is 6. The smallest absolute Gasteiger partial charge is 0.338 e. The molecule has 0 fully saturated rings. The lowest BCUT2D eigenvalue weighted by Crippen LogP contribution is -2.30. The number of carbonyl (C=O) groups excluding carboxylic acids is 2. The first-order valence-electron chi connectivity index (χ1n) is 7.41. The van der Waals surface area contributed by atoms with Gasteiger partial charge in [-0.25, -0.2) is 9.18 Å². The van der Waals surface area contributed by atoms with Gasteiger partial charge in [-0.15, -0.1) is 0 Å². The van der Waals surface area contributed by atoms with Gasteiger partial charge in [-0.2, -0.15) is 0 Å². The van der Waals surface area contributed by atoms with E-state index in [-0.39, 0.29) is 22.7 Å². The molecule has 2 aromatic rings. The largest absolute Gasteiger partial charge is 0.496 e. The number of nitrogens with zero attached hydrogens (tertiary/aromatic N) is 1. The highest BCUT2D eigenvalue weighted by atomic mass is 19.1. The molecule has 1 unspecified atom stereocenters. The zero-order valence-electron chi connectivity index (χ0n) is 13.9. The summed E-state index contributed by atoms with van der Waals surface area (Å²) in [6.45, 7) is 1.31. The Morgan fingerprint density at radius 2 is 1.85 bits per heavy atom. The number of amides is 1. The number of anilines is 1. The summed E-state index contributed by atoms with van der Waals surface area (Å²) in [4.78, 5) is 34.5. The molecule has 0 radical (unpaired) electrons. The van der Waals surface area contributed by atoms with Crippen molar-refractivity contribution in [2.45, 2.75) is 13.0 Å². The van der Waals surface area contributed by atoms with Crippen LogP contribution in [0.4, 0.5) is 15.8 Å². The van der Waals surface area contributed by atoms with E-state index in [1.165, 1.54) is 38.3 Å². The summed E-state index contributed by atoms with van der Waals surface area (Å²) in [5.41, 5.74) is -0.360. The summed E-state index contributed by atoms with van der Waals surface area (Å²) in [6, 6.07) is 8.52. The molecular weight excluding hydrogens is 347 g/mol. The summed E-state index contributed by atoms with van der Waals surface area (Å²) >= 11 is 0. The van der Waals surface area contributed by atoms with Gasteiger partial charge in [0.1, 0.15) is 17.3 Å². The number of nitro groups is 1. The number of nitrogens with one attached hydrogen (secondary N) is 1. The lowest BCUT2D eigenvalue weighted by molar-refractivity contribution is -0.384. The van der Waals surface area contributed by atoms with Crippen LogP contribution in [0.2, 0.25) is 0 Å². The molecule has 9 heteroatoms. The number of carbonyl (C=O) groups is 2. The van der Waals surface area contributed by atoms with Crippen LogP contribution < -0.4 is 10.1 Å². The number of nitro benzene ring substituents is 1. The zero-order chi connectivity index (χ0) is 19.3. The minimum Gasteiger partial charge on any atom is -0.496 e. The topological polar surface area (TPSA) is 108 Å². The van der Waals surface area contributed by atoms with Crippen LogP contribution in [0.1, 0.15) is 17.3 Å². The van der Waals surface area contributed by atoms with Gasteiger partial charge in [-0.3, -0.25) is 14.9 Å². The second-order valence-electron chi connectivity index (χ2n) is 5.18. The standard InChI is InChI=1S/C17H15FN2O6/c1-10(26-17(22)11-3-5-12(18)6-4-11)16(21)19-14-8-7-13(25-2)9-15(14)20(23)24/h3-10H,1-2H3,(H,19,21). The van der Waals surface area contributed by atoms with E-state index >= 15 is 0 Å². The van der Waals surface area contributed by atoms with Gasteiger partial charge in [0.25, 0.3) is 11.6 Å². The third kappa shape index (κ3) is 4.53. The molecule has 0 bridgehead atoms. The lowest BCUT2D eigenvalue weighted by Gasteiger charge is -2.14. The molecule has 2 aromatic carbocycles. The highest BCUT2D eigenvalue weighted by molar-refractivity contribution is 5.98. The van der Waals surface area contributed by atoms with Crippen molar-refractivity contribution in [3.63, 3.8) is 0 Å². The summed E-state index contributed by atoms with van der Waals surface area (Å²) in [5, 5.41) is 13.4. The fraction of sp³-hybridized carbons (Fsp3) is 0.176. The van der Waals surface area contributed by atoms with Crippen molar-refractivity contribution in [2.75, 3.05) is 12.4 Å². The third-order valence-corrected chi connectivity index (χ3v) is 3.39. The Kier molecular flexibility index (Phi) is 5.84. The second kappa shape index (κ2) is 8.06. The van der Waals surface area contributed by atoms with Crippen LogP contribution in [-0.4, -0.2) is 30.0 Å². The third-order valence-electron chi connectivity index (χ3n) is 3.39. The molecule has 0 heterocycles. The fourth-order valence-corrected chi connectivity index (χ4v) is 2.00. The maximum absolute atomic E-state index is 12.9. The first-order chi connectivity index (χ1) is 12.3. The molecule has 2 rings (SSSR count). The molecule has 26 heavy (non-hydrogen) atoms. The predicted octanol–water partition coefficient (Wildman–Crippen LogP) is 2.93. The molecule has 136 valence electrons. The Balaban J connectivity index is 2.08. The molecule has 1 N–H and O–H groups in total. The Labute approximate surface area is 147 Å². The van der Waals surface area contributed by atoms with E-state index in [4.69, 9.17) is 9.47 Å². The van der Waals surface area contributed by atoms with Crippen molar-refractivity contribution in [2.24, 2.45) is 0 Å². The Bertz CT molecular complexity index is 838. The molecule has 1 atom stereocenters. The van der Waals surface area contributed by atoms with Crippen LogP contribution in [0.5, 0.6) is 5.75 Å². The van der Waals surface area contributed by atoms with Crippen LogP contribution in [0.25, 0.3) is 0 Å². The maximum atomic E-state index is 12.9. The van der Waals surface area contributed by atoms with E-state index in [2.05, 4.69) is 5.32 Å². The van der Waals surface area contributed by atoms with Crippen molar-refractivity contribution < 1.29 is 28.4 Å². The second-order valence-corrected chi connectivity index (χ2v) is 5.18. The summed E-state index contributed by atoms with van der Waals surface area (Å²) in [7, 11) is 1.36. The number of hydrogen-bond donors (Lipinski definition) is 1. The van der Waals surface area contributed by atoms with E-state index in [1.54, 1.807) is 0 Å². The van der Waals surface area contributed by atoms with Crippen LogP contribution in [-0.2, 0) is 9.53 Å². The van der Waals surface area contributed by atoms with Gasteiger partial charge >= 0.3 is 5.97 Å². The average molecular weight is 362 g/mol. The summed E-state index contributed by atoms with van der Waals surface area (Å²) in [5.74, 6) is -1.84. The van der Waals surface area contributed by atoms with Crippen molar-refractivity contribution in [3.05, 3.63) is 64.0 Å². The number of methoxy groups -OCH3 is 1. The predicted molar refractivity (Wildman–Crippen MR) is 89.6 cm³/mol. The van der Waals surface area contributed by atoms with E-state index in [9.17, 15) is 24.1 Å². The van der Waals surface area contributed by atoms with Crippen molar-refractivity contribution in [1.29, 1.82) is 0 Å². The first-order valence-corrected chi connectivity index (χ1v) is 7.41. The van der Waals surface area contributed by atoms with Gasteiger partial charge in [0.05, 0.1) is 23.7 Å². The number of rotatable bonds is 6. The van der Waals surface area contributed by atoms with Crippen molar-refractivity contribution in [1.82, 2.24) is 0 Å². The van der Waals surface area contributed by atoms with Crippen molar-refractivity contribution >= 4 is 23.3 Å². The molecule has 0 spiro atoms. The molecule has 8 nitrogen and oxygen atoms in total. The van der Waals surface area contributed by atoms with E-state index in [0.29, 0.717) is 0 Å². The SMILES string of the molecule is COc1ccc(NC(=O)C(C)OC(=O)c2ccc(F)cc2)c([N+](=O)[O-])c1. The van der Waals surface area contributed by atoms with Crippen LogP contribution >= 0.6 is 0 Å². The molecule has 0 aliphatic heterocycles. The maximum Gasteiger partial charge on any atom is 0.338 e. The van der Waals surface area contributed by atoms with E-state index < -0.39 is 28.7 Å². The number of ether oxygens (including phenoxy) is 2. The minimum absolute atomic E-state index is 0.0644. The Hall–Kier alpha value is -3.49. The van der Waals surface area contributed by atoms with Gasteiger partial charge in [-0.05, 0) is 43.3 Å². The lowest BCUT2D eigenvalue weighted by atomic mass is 10.2. The normalized spacial score (nSPS) is 11.3. The van der Waals surface area contributed by atoms with Gasteiger partial charge in [-0.1, -0.05) is 0 Å². The zero-order valence-corrected chi connectivity index (χ0v) is 13.9. The molecule has 0 aliphatic rings. The highest BCUT2D eigenvalue weighted by Gasteiger charge is 2.23. The fourth-order valence-electron chi connectivity index (χ4n) is 2.00. The van der Waals surface area contributed by atoms with E-state index in [1.807, 2.05) is 0 Å². The Morgan fingerprint density at radius 3 is 2.42 bits per heavy atom. The number of halogens is 1. The molecular formula is C17H15FN2O6. The Morgan fingerprint density at radius 1 is 1.19 bits per heavy atom. The molecule has 0 aliphatic carbocycles. The first kappa shape index (κ1) is 18.8. The van der Waals surface area contributed by atoms with Gasteiger partial charge in [0, 0.05) is 0 Å². The molecule has 0 saturated heterocycles. The quantitative estimate of drug-likeness (QED) is 0.481. The summed E-state index contributed by atoms with van der Waals surface area (Å²) in [6.07, 6.45) is -1.23. The van der Waals surface area contributed by atoms with Crippen LogP contribution in [0.15, 0.2) is 42.5 Å². The van der Waals surface area contributed by atoms with Crippen LogP contribution in [0.3, 0.4) is 0 Å². The molecule has 0 saturated carbocycles. The van der Waals surface area contributed by atoms with Crippen LogP contribution in [0, 0.1) is 15.9 Å². The highest BCUT2D eigenvalue weighted by Crippen LogP contribution is 2.29. The monoisotopic (exact) mass is 362 g/mol. The van der Waals surface area contributed by atoms with Gasteiger partial charge in [0.15, 0.2) is 6.10 Å². The number of esters is 1. The van der Waals surface area contributed by atoms with Gasteiger partial charge in [0.2, 0.25) is 0 Å². The van der Waals surface area contributed by atoms with E-state index in [0.717, 1.165) is 18.2 Å². The number of benzene rings is 2. The van der Waals surface area contributed by atoms with Gasteiger partial charge < -0.3 is 14.8 Å². The molecule has 1 amide bonds. The summed E-state index contributed by atoms with van der Waals surface area (Å²) < 4.78 is 22.8. The molecule has 0 aromatic heterocycles. The minimum atomic E-state index is -1.23.